The van der Waals surface area contributed by atoms with E-state index in [0.29, 0.717) is 5.75 Å². The number of sulfonamides is 1. The van der Waals surface area contributed by atoms with Crippen LogP contribution in [0.2, 0.25) is 0 Å². The quantitative estimate of drug-likeness (QED) is 0.667. The molecule has 0 saturated carbocycles. The summed E-state index contributed by atoms with van der Waals surface area (Å²) in [5.74, 6) is -1.01. The summed E-state index contributed by atoms with van der Waals surface area (Å²) in [6.07, 6.45) is 1.07. The van der Waals surface area contributed by atoms with Crippen LogP contribution in [0.5, 0.6) is 5.75 Å². The SMILES string of the molecule is COc1ccc(CCS(=O)(=O)NC(=O)c2ccc(C(=O)OC(C)C)nc2)cc1. The van der Waals surface area contributed by atoms with E-state index in [2.05, 4.69) is 4.98 Å². The Morgan fingerprint density at radius 1 is 1.11 bits per heavy atom. The maximum absolute atomic E-state index is 12.2. The second kappa shape index (κ2) is 9.32. The van der Waals surface area contributed by atoms with Gasteiger partial charge in [0.2, 0.25) is 10.0 Å². The number of esters is 1. The van der Waals surface area contributed by atoms with Crippen LogP contribution in [0, 0.1) is 0 Å². The average Bonchev–Trinajstić information content (AvgIpc) is 2.66. The van der Waals surface area contributed by atoms with Gasteiger partial charge in [0.15, 0.2) is 0 Å². The van der Waals surface area contributed by atoms with Crippen LogP contribution in [0.15, 0.2) is 42.6 Å². The molecular formula is C19H22N2O6S. The molecule has 0 aliphatic heterocycles. The van der Waals surface area contributed by atoms with Crippen LogP contribution < -0.4 is 9.46 Å². The molecule has 0 saturated heterocycles. The normalized spacial score (nSPS) is 11.1. The highest BCUT2D eigenvalue weighted by Crippen LogP contribution is 2.12. The predicted octanol–water partition coefficient (Wildman–Crippen LogP) is 1.96. The van der Waals surface area contributed by atoms with Crippen LogP contribution in [0.3, 0.4) is 0 Å². The van der Waals surface area contributed by atoms with Gasteiger partial charge in [0.05, 0.1) is 24.5 Å². The van der Waals surface area contributed by atoms with E-state index in [1.165, 1.54) is 12.1 Å². The zero-order valence-electron chi connectivity index (χ0n) is 15.8. The molecule has 28 heavy (non-hydrogen) atoms. The summed E-state index contributed by atoms with van der Waals surface area (Å²) < 4.78 is 36.4. The van der Waals surface area contributed by atoms with Crippen LogP contribution in [0.4, 0.5) is 0 Å². The van der Waals surface area contributed by atoms with Gasteiger partial charge in [0, 0.05) is 6.20 Å². The number of ether oxygens (including phenoxy) is 2. The molecule has 1 heterocycles. The minimum Gasteiger partial charge on any atom is -0.497 e. The smallest absolute Gasteiger partial charge is 0.357 e. The molecule has 9 heteroatoms. The maximum Gasteiger partial charge on any atom is 0.357 e. The molecule has 0 aliphatic rings. The highest BCUT2D eigenvalue weighted by atomic mass is 32.2. The van der Waals surface area contributed by atoms with Gasteiger partial charge in [0.25, 0.3) is 5.91 Å². The lowest BCUT2D eigenvalue weighted by Crippen LogP contribution is -2.33. The number of carbonyl (C=O) groups is 2. The molecule has 8 nitrogen and oxygen atoms in total. The van der Waals surface area contributed by atoms with Gasteiger partial charge in [-0.2, -0.15) is 0 Å². The fraction of sp³-hybridized carbons (Fsp3) is 0.316. The predicted molar refractivity (Wildman–Crippen MR) is 103 cm³/mol. The molecule has 0 fully saturated rings. The third kappa shape index (κ3) is 6.34. The van der Waals surface area contributed by atoms with E-state index >= 15 is 0 Å². The van der Waals surface area contributed by atoms with Gasteiger partial charge in [-0.1, -0.05) is 12.1 Å². The van der Waals surface area contributed by atoms with Crippen molar-refractivity contribution in [3.05, 3.63) is 59.4 Å². The van der Waals surface area contributed by atoms with E-state index in [1.54, 1.807) is 45.2 Å². The van der Waals surface area contributed by atoms with Crippen molar-refractivity contribution >= 4 is 21.9 Å². The van der Waals surface area contributed by atoms with E-state index in [0.717, 1.165) is 11.8 Å². The number of methoxy groups -OCH3 is 1. The van der Waals surface area contributed by atoms with E-state index < -0.39 is 21.9 Å². The van der Waals surface area contributed by atoms with Gasteiger partial charge in [-0.15, -0.1) is 0 Å². The third-order valence-electron chi connectivity index (χ3n) is 3.64. The van der Waals surface area contributed by atoms with Crippen LogP contribution in [-0.2, 0) is 21.2 Å². The molecular weight excluding hydrogens is 384 g/mol. The van der Waals surface area contributed by atoms with Gasteiger partial charge in [-0.05, 0) is 50.1 Å². The number of benzene rings is 1. The zero-order valence-corrected chi connectivity index (χ0v) is 16.7. The van der Waals surface area contributed by atoms with E-state index in [-0.39, 0.29) is 29.5 Å². The summed E-state index contributed by atoms with van der Waals surface area (Å²) in [6, 6.07) is 9.61. The Kier molecular flexibility index (Phi) is 7.11. The van der Waals surface area contributed by atoms with Crippen molar-refractivity contribution in [1.29, 1.82) is 0 Å². The molecule has 2 rings (SSSR count). The summed E-state index contributed by atoms with van der Waals surface area (Å²) >= 11 is 0. The van der Waals surface area contributed by atoms with Crippen molar-refractivity contribution in [1.82, 2.24) is 9.71 Å². The monoisotopic (exact) mass is 406 g/mol. The fourth-order valence-corrected chi connectivity index (χ4v) is 3.23. The number of hydrogen-bond acceptors (Lipinski definition) is 7. The molecule has 1 aromatic carbocycles. The van der Waals surface area contributed by atoms with E-state index in [9.17, 15) is 18.0 Å². The van der Waals surface area contributed by atoms with Crippen molar-refractivity contribution in [3.8, 4) is 5.75 Å². The van der Waals surface area contributed by atoms with Crippen molar-refractivity contribution in [2.24, 2.45) is 0 Å². The first-order chi connectivity index (χ1) is 13.2. The number of hydrogen-bond donors (Lipinski definition) is 1. The van der Waals surface area contributed by atoms with Crippen LogP contribution in [-0.4, -0.2) is 44.2 Å². The van der Waals surface area contributed by atoms with Gasteiger partial charge in [-0.25, -0.2) is 22.9 Å². The van der Waals surface area contributed by atoms with Crippen molar-refractivity contribution < 1.29 is 27.5 Å². The summed E-state index contributed by atoms with van der Waals surface area (Å²) in [7, 11) is -2.29. The number of carbonyl (C=O) groups excluding carboxylic acids is 2. The summed E-state index contributed by atoms with van der Waals surface area (Å²) in [6.45, 7) is 3.41. The minimum atomic E-state index is -3.84. The molecule has 1 amide bonds. The second-order valence-electron chi connectivity index (χ2n) is 6.23. The largest absolute Gasteiger partial charge is 0.497 e. The number of amides is 1. The molecule has 0 aliphatic carbocycles. The molecule has 0 atom stereocenters. The zero-order chi connectivity index (χ0) is 20.7. The van der Waals surface area contributed by atoms with Gasteiger partial charge >= 0.3 is 5.97 Å². The van der Waals surface area contributed by atoms with Crippen LogP contribution >= 0.6 is 0 Å². The number of aryl methyl sites for hydroxylation is 1. The Labute approximate surface area is 163 Å². The lowest BCUT2D eigenvalue weighted by molar-refractivity contribution is 0.0370. The van der Waals surface area contributed by atoms with Gasteiger partial charge in [-0.3, -0.25) is 4.79 Å². The lowest BCUT2D eigenvalue weighted by atomic mass is 10.2. The van der Waals surface area contributed by atoms with Gasteiger partial charge < -0.3 is 9.47 Å². The van der Waals surface area contributed by atoms with E-state index in [1.807, 2.05) is 4.72 Å². The number of nitrogens with one attached hydrogen (secondary N) is 1. The van der Waals surface area contributed by atoms with Crippen LogP contribution in [0.1, 0.15) is 40.3 Å². The molecule has 150 valence electrons. The lowest BCUT2D eigenvalue weighted by Gasteiger charge is -2.09. The number of pyridine rings is 1. The van der Waals surface area contributed by atoms with Crippen molar-refractivity contribution in [3.63, 3.8) is 0 Å². The van der Waals surface area contributed by atoms with Crippen LogP contribution in [0.25, 0.3) is 0 Å². The number of aromatic nitrogens is 1. The second-order valence-corrected chi connectivity index (χ2v) is 8.08. The Morgan fingerprint density at radius 3 is 2.32 bits per heavy atom. The summed E-state index contributed by atoms with van der Waals surface area (Å²) in [5.41, 5.74) is 0.857. The fourth-order valence-electron chi connectivity index (χ4n) is 2.22. The molecule has 2 aromatic rings. The maximum atomic E-state index is 12.2. The molecule has 1 N–H and O–H groups in total. The molecule has 0 spiro atoms. The Bertz CT molecular complexity index is 922. The minimum absolute atomic E-state index is 0.0223. The number of rotatable bonds is 8. The molecule has 0 unspecified atom stereocenters. The summed E-state index contributed by atoms with van der Waals surface area (Å²) in [4.78, 5) is 27.7. The Hall–Kier alpha value is -2.94. The van der Waals surface area contributed by atoms with Crippen molar-refractivity contribution in [2.45, 2.75) is 26.4 Å². The first-order valence-electron chi connectivity index (χ1n) is 8.55. The van der Waals surface area contributed by atoms with E-state index in [4.69, 9.17) is 9.47 Å². The number of nitrogens with zero attached hydrogens (tertiary/aromatic N) is 1. The Morgan fingerprint density at radius 2 is 1.79 bits per heavy atom. The molecule has 0 bridgehead atoms. The highest BCUT2D eigenvalue weighted by Gasteiger charge is 2.18. The molecule has 0 radical (unpaired) electrons. The summed E-state index contributed by atoms with van der Waals surface area (Å²) in [5, 5.41) is 0. The Balaban J connectivity index is 1.95. The first kappa shape index (κ1) is 21.4. The standard InChI is InChI=1S/C19H22N2O6S/c1-13(2)27-19(23)17-9-6-15(12-20-17)18(22)21-28(24,25)11-10-14-4-7-16(26-3)8-5-14/h4-9,12-13H,10-11H2,1-3H3,(H,21,22). The average molecular weight is 406 g/mol. The van der Waals surface area contributed by atoms with Gasteiger partial charge in [0.1, 0.15) is 11.4 Å². The topological polar surface area (TPSA) is 112 Å². The van der Waals surface area contributed by atoms with Crippen molar-refractivity contribution in [2.75, 3.05) is 12.9 Å². The first-order valence-corrected chi connectivity index (χ1v) is 10.2. The third-order valence-corrected chi connectivity index (χ3v) is 4.88. The molecule has 1 aromatic heterocycles. The highest BCUT2D eigenvalue weighted by molar-refractivity contribution is 7.90.